The van der Waals surface area contributed by atoms with E-state index in [1.165, 1.54) is 0 Å². The number of hydrogen-bond donors (Lipinski definition) is 1. The minimum absolute atomic E-state index is 0.193. The number of carbonyl (C=O) groups is 1. The molecule has 4 atom stereocenters. The predicted molar refractivity (Wildman–Crippen MR) is 149 cm³/mol. The zero-order valence-electron chi connectivity index (χ0n) is 21.8. The molecule has 7 nitrogen and oxygen atoms in total. The Kier molecular flexibility index (Phi) is 6.16. The molecule has 0 radical (unpaired) electrons. The molecule has 2 aliphatic heterocycles. The lowest BCUT2D eigenvalue weighted by Gasteiger charge is -2.31. The lowest BCUT2D eigenvalue weighted by Crippen LogP contribution is -2.50. The van der Waals surface area contributed by atoms with Gasteiger partial charge in [-0.1, -0.05) is 90.5 Å². The van der Waals surface area contributed by atoms with Crippen LogP contribution in [0.4, 0.5) is 5.69 Å². The van der Waals surface area contributed by atoms with Crippen LogP contribution in [0, 0.1) is 17.0 Å². The van der Waals surface area contributed by atoms with Gasteiger partial charge in [0.05, 0.1) is 19.6 Å². The van der Waals surface area contributed by atoms with Gasteiger partial charge in [-0.05, 0) is 41.8 Å². The highest BCUT2D eigenvalue weighted by molar-refractivity contribution is 6.09. The molecule has 6 rings (SSSR count). The van der Waals surface area contributed by atoms with Crippen molar-refractivity contribution in [1.29, 1.82) is 0 Å². The number of benzene rings is 4. The first-order valence-corrected chi connectivity index (χ1v) is 13.0. The van der Waals surface area contributed by atoms with Gasteiger partial charge >= 0.3 is 0 Å². The fourth-order valence-electron chi connectivity index (χ4n) is 6.29. The second kappa shape index (κ2) is 9.67. The summed E-state index contributed by atoms with van der Waals surface area (Å²) in [5.41, 5.74) is 3.67. The van der Waals surface area contributed by atoms with Gasteiger partial charge in [-0.3, -0.25) is 20.2 Å². The molecule has 4 aromatic carbocycles. The molecule has 0 aromatic heterocycles. The molecule has 1 N–H and O–H groups in total. The van der Waals surface area contributed by atoms with Gasteiger partial charge in [0.25, 0.3) is 5.91 Å². The Balaban J connectivity index is 1.58. The number of carbonyl (C=O) groups excluding carboxylic acids is 1. The Bertz CT molecular complexity index is 1540. The van der Waals surface area contributed by atoms with Crippen LogP contribution in [0.5, 0.6) is 5.75 Å². The van der Waals surface area contributed by atoms with Gasteiger partial charge in [0.2, 0.25) is 6.04 Å². The van der Waals surface area contributed by atoms with E-state index in [1.807, 2.05) is 110 Å². The van der Waals surface area contributed by atoms with Crippen molar-refractivity contribution in [3.05, 3.63) is 141 Å². The van der Waals surface area contributed by atoms with Gasteiger partial charge in [0, 0.05) is 16.2 Å². The number of amides is 1. The average molecular weight is 520 g/mol. The van der Waals surface area contributed by atoms with Crippen molar-refractivity contribution < 1.29 is 14.5 Å². The smallest absolute Gasteiger partial charge is 0.253 e. The van der Waals surface area contributed by atoms with Gasteiger partial charge in [0.15, 0.2) is 0 Å². The van der Waals surface area contributed by atoms with Gasteiger partial charge < -0.3 is 9.64 Å². The normalized spacial score (nSPS) is 23.7. The molecule has 1 spiro atoms. The molecule has 2 aliphatic rings. The molecule has 0 unspecified atom stereocenters. The van der Waals surface area contributed by atoms with E-state index in [2.05, 4.69) is 5.32 Å². The molecular formula is C32H29N3O4. The molecule has 7 heteroatoms. The standard InChI is InChI=1S/C32H29N3O4/c1-21-15-17-23(18-16-21)29-30(35(37)38)28(24-11-8-12-25(19-24)39-2)32(33-29)26-13-6-7-14-27(26)34(31(32)36)20-22-9-4-3-5-10-22/h3-19,28-30,33H,20H2,1-2H3/t28-,29-,30-,32-/m0/s1. The molecule has 1 saturated heterocycles. The summed E-state index contributed by atoms with van der Waals surface area (Å²) in [5, 5.41) is 16.5. The van der Waals surface area contributed by atoms with Crippen molar-refractivity contribution in [2.75, 3.05) is 12.0 Å². The fraction of sp³-hybridized carbons (Fsp3) is 0.219. The lowest BCUT2D eigenvalue weighted by molar-refractivity contribution is -0.527. The van der Waals surface area contributed by atoms with E-state index in [0.717, 1.165) is 27.9 Å². The van der Waals surface area contributed by atoms with Crippen LogP contribution in [0.15, 0.2) is 103 Å². The summed E-state index contributed by atoms with van der Waals surface area (Å²) < 4.78 is 5.50. The Morgan fingerprint density at radius 3 is 2.36 bits per heavy atom. The number of ether oxygens (including phenoxy) is 1. The van der Waals surface area contributed by atoms with Gasteiger partial charge in [-0.15, -0.1) is 0 Å². The molecule has 4 aromatic rings. The zero-order chi connectivity index (χ0) is 27.1. The van der Waals surface area contributed by atoms with E-state index in [1.54, 1.807) is 12.0 Å². The summed E-state index contributed by atoms with van der Waals surface area (Å²) in [5.74, 6) is -0.395. The molecule has 1 fully saturated rings. The molecular weight excluding hydrogens is 490 g/mol. The van der Waals surface area contributed by atoms with Gasteiger partial charge in [0.1, 0.15) is 17.3 Å². The maximum absolute atomic E-state index is 14.7. The highest BCUT2D eigenvalue weighted by atomic mass is 16.6. The highest BCUT2D eigenvalue weighted by Gasteiger charge is 2.68. The minimum Gasteiger partial charge on any atom is -0.497 e. The zero-order valence-corrected chi connectivity index (χ0v) is 21.8. The third kappa shape index (κ3) is 3.97. The van der Waals surface area contributed by atoms with Crippen LogP contribution < -0.4 is 15.0 Å². The number of rotatable bonds is 6. The van der Waals surface area contributed by atoms with Crippen molar-refractivity contribution in [3.8, 4) is 5.75 Å². The molecule has 39 heavy (non-hydrogen) atoms. The summed E-state index contributed by atoms with van der Waals surface area (Å²) in [6.45, 7) is 2.35. The molecule has 1 amide bonds. The van der Waals surface area contributed by atoms with Crippen LogP contribution in [-0.4, -0.2) is 24.0 Å². The van der Waals surface area contributed by atoms with Crippen molar-refractivity contribution in [3.63, 3.8) is 0 Å². The Morgan fingerprint density at radius 2 is 1.64 bits per heavy atom. The van der Waals surface area contributed by atoms with Crippen LogP contribution in [0.1, 0.15) is 39.8 Å². The summed E-state index contributed by atoms with van der Waals surface area (Å²) in [6.07, 6.45) is 0. The number of nitrogens with zero attached hydrogens (tertiary/aromatic N) is 2. The summed E-state index contributed by atoms with van der Waals surface area (Å²) in [4.78, 5) is 29.2. The molecule has 0 bridgehead atoms. The van der Waals surface area contributed by atoms with E-state index in [0.29, 0.717) is 17.9 Å². The Labute approximate surface area is 227 Å². The van der Waals surface area contributed by atoms with Crippen LogP contribution in [0.3, 0.4) is 0 Å². The van der Waals surface area contributed by atoms with Crippen LogP contribution >= 0.6 is 0 Å². The van der Waals surface area contributed by atoms with Gasteiger partial charge in [-0.25, -0.2) is 0 Å². The van der Waals surface area contributed by atoms with Crippen LogP contribution in [-0.2, 0) is 16.9 Å². The second-order valence-corrected chi connectivity index (χ2v) is 10.3. The maximum Gasteiger partial charge on any atom is 0.253 e. The first-order chi connectivity index (χ1) is 18.9. The fourth-order valence-corrected chi connectivity index (χ4v) is 6.29. The third-order valence-electron chi connectivity index (χ3n) is 8.05. The maximum atomic E-state index is 14.7. The summed E-state index contributed by atoms with van der Waals surface area (Å²) in [7, 11) is 1.57. The lowest BCUT2D eigenvalue weighted by atomic mass is 9.74. The van der Waals surface area contributed by atoms with Crippen molar-refractivity contribution in [2.45, 2.75) is 37.0 Å². The van der Waals surface area contributed by atoms with Gasteiger partial charge in [-0.2, -0.15) is 0 Å². The number of nitrogens with one attached hydrogen (secondary N) is 1. The Morgan fingerprint density at radius 1 is 0.923 bits per heavy atom. The molecule has 0 aliphatic carbocycles. The average Bonchev–Trinajstić information content (AvgIpc) is 3.44. The van der Waals surface area contributed by atoms with Crippen molar-refractivity contribution >= 4 is 11.6 Å². The number of methoxy groups -OCH3 is 1. The van der Waals surface area contributed by atoms with Crippen molar-refractivity contribution in [1.82, 2.24) is 5.32 Å². The quantitative estimate of drug-likeness (QED) is 0.268. The number of hydrogen-bond acceptors (Lipinski definition) is 5. The van der Waals surface area contributed by atoms with E-state index in [4.69, 9.17) is 4.74 Å². The van der Waals surface area contributed by atoms with E-state index in [-0.39, 0.29) is 10.8 Å². The van der Waals surface area contributed by atoms with Crippen LogP contribution in [0.25, 0.3) is 0 Å². The minimum atomic E-state index is -1.34. The van der Waals surface area contributed by atoms with Crippen LogP contribution in [0.2, 0.25) is 0 Å². The second-order valence-electron chi connectivity index (χ2n) is 10.3. The van der Waals surface area contributed by atoms with E-state index in [9.17, 15) is 14.9 Å². The first-order valence-electron chi connectivity index (χ1n) is 13.0. The molecule has 196 valence electrons. The summed E-state index contributed by atoms with van der Waals surface area (Å²) >= 11 is 0. The largest absolute Gasteiger partial charge is 0.497 e. The topological polar surface area (TPSA) is 84.7 Å². The number of nitro groups is 1. The molecule has 2 heterocycles. The van der Waals surface area contributed by atoms with E-state index >= 15 is 0 Å². The number of aryl methyl sites for hydroxylation is 1. The first kappa shape index (κ1) is 24.8. The third-order valence-corrected chi connectivity index (χ3v) is 8.05. The Hall–Kier alpha value is -4.49. The number of para-hydroxylation sites is 1. The highest BCUT2D eigenvalue weighted by Crippen LogP contribution is 2.57. The van der Waals surface area contributed by atoms with Crippen molar-refractivity contribution in [2.24, 2.45) is 0 Å². The predicted octanol–water partition coefficient (Wildman–Crippen LogP) is 5.52. The number of anilines is 1. The monoisotopic (exact) mass is 519 g/mol. The molecule has 0 saturated carbocycles. The SMILES string of the molecule is COc1cccc([C@H]2[C@H]([N+](=O)[O-])[C@H](c3ccc(C)cc3)N[C@]23C(=O)N(Cc2ccccc2)c2ccccc23)c1. The summed E-state index contributed by atoms with van der Waals surface area (Å²) in [6, 6.07) is 30.7. The number of fused-ring (bicyclic) bond motifs is 2. The van der Waals surface area contributed by atoms with E-state index < -0.39 is 23.5 Å².